The van der Waals surface area contributed by atoms with Gasteiger partial charge >= 0.3 is 6.09 Å². The minimum atomic E-state index is -0.358. The molecule has 14 heavy (non-hydrogen) atoms. The summed E-state index contributed by atoms with van der Waals surface area (Å²) in [4.78, 5) is 13.6. The van der Waals surface area contributed by atoms with E-state index in [-0.39, 0.29) is 11.7 Å². The summed E-state index contributed by atoms with van der Waals surface area (Å²) in [5.41, 5.74) is -0.358. The molecule has 3 heteroatoms. The molecular formula is C11H19NO2. The first kappa shape index (κ1) is 9.81. The second-order valence-corrected chi connectivity index (χ2v) is 5.31. The van der Waals surface area contributed by atoms with Crippen LogP contribution in [-0.4, -0.2) is 28.7 Å². The molecule has 0 radical (unpaired) electrons. The van der Waals surface area contributed by atoms with Crippen LogP contribution in [0.15, 0.2) is 0 Å². The molecule has 2 aliphatic rings. The first-order valence-electron chi connectivity index (χ1n) is 5.50. The number of carbonyl (C=O) groups excluding carboxylic acids is 1. The second-order valence-electron chi connectivity index (χ2n) is 5.31. The molecule has 1 aliphatic heterocycles. The Labute approximate surface area is 85.4 Å². The lowest BCUT2D eigenvalue weighted by Gasteiger charge is -2.20. The highest BCUT2D eigenvalue weighted by molar-refractivity contribution is 5.72. The lowest BCUT2D eigenvalue weighted by atomic mass is 10.0. The Morgan fingerprint density at radius 2 is 1.71 bits per heavy atom. The summed E-state index contributed by atoms with van der Waals surface area (Å²) in [5.74, 6) is 0. The molecule has 0 unspecified atom stereocenters. The molecule has 1 heterocycles. The van der Waals surface area contributed by atoms with E-state index >= 15 is 0 Å². The van der Waals surface area contributed by atoms with Crippen LogP contribution >= 0.6 is 0 Å². The fourth-order valence-electron chi connectivity index (χ4n) is 2.29. The highest BCUT2D eigenvalue weighted by Gasteiger charge is 2.52. The van der Waals surface area contributed by atoms with E-state index < -0.39 is 0 Å². The van der Waals surface area contributed by atoms with Crippen molar-refractivity contribution in [1.82, 2.24) is 4.90 Å². The van der Waals surface area contributed by atoms with E-state index in [9.17, 15) is 4.79 Å². The van der Waals surface area contributed by atoms with Gasteiger partial charge in [0.1, 0.15) is 5.60 Å². The van der Waals surface area contributed by atoms with Gasteiger partial charge in [0.25, 0.3) is 0 Å². The van der Waals surface area contributed by atoms with Crippen LogP contribution in [0.1, 0.15) is 46.5 Å². The molecule has 1 saturated carbocycles. The normalized spacial score (nSPS) is 30.9. The van der Waals surface area contributed by atoms with E-state index in [1.807, 2.05) is 25.7 Å². The summed E-state index contributed by atoms with van der Waals surface area (Å²) in [7, 11) is 0. The van der Waals surface area contributed by atoms with Crippen molar-refractivity contribution >= 4 is 6.09 Å². The summed E-state index contributed by atoms with van der Waals surface area (Å²) < 4.78 is 5.34. The van der Waals surface area contributed by atoms with Gasteiger partial charge in [0.05, 0.1) is 12.1 Å². The minimum absolute atomic E-state index is 0.116. The predicted molar refractivity (Wildman–Crippen MR) is 54.1 cm³/mol. The molecule has 2 rings (SSSR count). The number of rotatable bonds is 0. The van der Waals surface area contributed by atoms with Crippen LogP contribution in [0.25, 0.3) is 0 Å². The minimum Gasteiger partial charge on any atom is -0.444 e. The SMILES string of the molecule is CC(C)(C)OC(=O)N1[C@@H]2CCCC[C@@H]21. The van der Waals surface area contributed by atoms with E-state index in [1.165, 1.54) is 25.7 Å². The fourth-order valence-corrected chi connectivity index (χ4v) is 2.29. The molecule has 0 N–H and O–H groups in total. The molecule has 1 amide bonds. The van der Waals surface area contributed by atoms with Crippen LogP contribution in [0.3, 0.4) is 0 Å². The van der Waals surface area contributed by atoms with Crippen LogP contribution < -0.4 is 0 Å². The van der Waals surface area contributed by atoms with Crippen molar-refractivity contribution < 1.29 is 9.53 Å². The van der Waals surface area contributed by atoms with Gasteiger partial charge in [-0.2, -0.15) is 0 Å². The second kappa shape index (κ2) is 3.14. The van der Waals surface area contributed by atoms with Gasteiger partial charge in [-0.05, 0) is 33.6 Å². The monoisotopic (exact) mass is 197 g/mol. The number of likely N-dealkylation sites (tertiary alicyclic amines) is 1. The maximum Gasteiger partial charge on any atom is 0.410 e. The van der Waals surface area contributed by atoms with Crippen molar-refractivity contribution in [1.29, 1.82) is 0 Å². The van der Waals surface area contributed by atoms with Gasteiger partial charge < -0.3 is 4.74 Å². The summed E-state index contributed by atoms with van der Waals surface area (Å²) in [6.07, 6.45) is 4.75. The van der Waals surface area contributed by atoms with Crippen LogP contribution in [0.5, 0.6) is 0 Å². The molecule has 0 spiro atoms. The van der Waals surface area contributed by atoms with Gasteiger partial charge in [0.15, 0.2) is 0 Å². The molecule has 2 fully saturated rings. The number of nitrogens with zero attached hydrogens (tertiary/aromatic N) is 1. The van der Waals surface area contributed by atoms with Crippen LogP contribution in [0, 0.1) is 0 Å². The van der Waals surface area contributed by atoms with Crippen molar-refractivity contribution in [3.63, 3.8) is 0 Å². The van der Waals surface area contributed by atoms with E-state index in [2.05, 4.69) is 0 Å². The predicted octanol–water partition coefficient (Wildman–Crippen LogP) is 2.55. The molecule has 0 aromatic carbocycles. The number of amides is 1. The lowest BCUT2D eigenvalue weighted by molar-refractivity contribution is 0.0394. The largest absolute Gasteiger partial charge is 0.444 e. The lowest BCUT2D eigenvalue weighted by Crippen LogP contribution is -2.28. The van der Waals surface area contributed by atoms with Crippen LogP contribution in [-0.2, 0) is 4.74 Å². The number of hydrogen-bond donors (Lipinski definition) is 0. The number of ether oxygens (including phenoxy) is 1. The topological polar surface area (TPSA) is 29.3 Å². The Bertz CT molecular complexity index is 232. The smallest absolute Gasteiger partial charge is 0.410 e. The van der Waals surface area contributed by atoms with Crippen molar-refractivity contribution in [3.05, 3.63) is 0 Å². The number of carbonyl (C=O) groups is 1. The summed E-state index contributed by atoms with van der Waals surface area (Å²) in [6, 6.07) is 0.997. The van der Waals surface area contributed by atoms with Gasteiger partial charge in [-0.25, -0.2) is 4.79 Å². The third kappa shape index (κ3) is 1.86. The van der Waals surface area contributed by atoms with Crippen molar-refractivity contribution in [2.75, 3.05) is 0 Å². The zero-order chi connectivity index (χ0) is 10.3. The van der Waals surface area contributed by atoms with Gasteiger partial charge in [0.2, 0.25) is 0 Å². The number of hydrogen-bond acceptors (Lipinski definition) is 2. The maximum atomic E-state index is 11.7. The summed E-state index contributed by atoms with van der Waals surface area (Å²) in [6.45, 7) is 5.74. The van der Waals surface area contributed by atoms with E-state index in [1.54, 1.807) is 0 Å². The first-order chi connectivity index (χ1) is 6.49. The van der Waals surface area contributed by atoms with Gasteiger partial charge in [0, 0.05) is 0 Å². The fraction of sp³-hybridized carbons (Fsp3) is 0.909. The molecule has 1 aliphatic carbocycles. The van der Waals surface area contributed by atoms with Gasteiger partial charge in [-0.3, -0.25) is 4.90 Å². The Balaban J connectivity index is 1.88. The standard InChI is InChI=1S/C11H19NO2/c1-11(2,3)14-10(13)12-8-6-4-5-7-9(8)12/h8-9H,4-7H2,1-3H3/t8-,9+,12?. The average Bonchev–Trinajstić information content (AvgIpc) is 2.73. The maximum absolute atomic E-state index is 11.7. The zero-order valence-electron chi connectivity index (χ0n) is 9.25. The van der Waals surface area contributed by atoms with Crippen LogP contribution in [0.2, 0.25) is 0 Å². The van der Waals surface area contributed by atoms with Crippen molar-refractivity contribution in [3.8, 4) is 0 Å². The molecule has 0 bridgehead atoms. The van der Waals surface area contributed by atoms with E-state index in [0.717, 1.165) is 0 Å². The Hall–Kier alpha value is -0.730. The Kier molecular flexibility index (Phi) is 2.20. The zero-order valence-corrected chi connectivity index (χ0v) is 9.25. The molecular weight excluding hydrogens is 178 g/mol. The summed E-state index contributed by atoms with van der Waals surface area (Å²) >= 11 is 0. The van der Waals surface area contributed by atoms with Crippen molar-refractivity contribution in [2.45, 2.75) is 64.1 Å². The molecule has 2 atom stereocenters. The molecule has 1 saturated heterocycles. The summed E-state index contributed by atoms with van der Waals surface area (Å²) in [5, 5.41) is 0. The molecule has 3 nitrogen and oxygen atoms in total. The Morgan fingerprint density at radius 1 is 1.21 bits per heavy atom. The first-order valence-corrected chi connectivity index (χ1v) is 5.50. The third-order valence-electron chi connectivity index (χ3n) is 2.92. The Morgan fingerprint density at radius 3 is 2.14 bits per heavy atom. The van der Waals surface area contributed by atoms with Crippen molar-refractivity contribution in [2.24, 2.45) is 0 Å². The third-order valence-corrected chi connectivity index (χ3v) is 2.92. The highest BCUT2D eigenvalue weighted by Crippen LogP contribution is 2.41. The highest BCUT2D eigenvalue weighted by atomic mass is 16.6. The quantitative estimate of drug-likeness (QED) is 0.558. The van der Waals surface area contributed by atoms with Gasteiger partial charge in [-0.1, -0.05) is 12.8 Å². The average molecular weight is 197 g/mol. The molecule has 80 valence electrons. The van der Waals surface area contributed by atoms with Crippen LogP contribution in [0.4, 0.5) is 4.79 Å². The number of fused-ring (bicyclic) bond motifs is 1. The van der Waals surface area contributed by atoms with E-state index in [4.69, 9.17) is 4.74 Å². The van der Waals surface area contributed by atoms with E-state index in [0.29, 0.717) is 12.1 Å². The van der Waals surface area contributed by atoms with Gasteiger partial charge in [-0.15, -0.1) is 0 Å². The molecule has 0 aromatic heterocycles. The molecule has 0 aromatic rings.